The molecule has 4 aliphatic rings. The van der Waals surface area contributed by atoms with Gasteiger partial charge in [-0.15, -0.1) is 0 Å². The van der Waals surface area contributed by atoms with E-state index in [1.165, 1.54) is 15.9 Å². The zero-order chi connectivity index (χ0) is 43.1. The fraction of sp³-hybridized carbons (Fsp3) is 0.585. The number of para-hydroxylation sites is 1. The molecule has 328 valence electrons. The van der Waals surface area contributed by atoms with Crippen LogP contribution in [0.1, 0.15) is 48.8 Å². The van der Waals surface area contributed by atoms with Crippen LogP contribution in [0, 0.1) is 0 Å². The fourth-order valence-corrected chi connectivity index (χ4v) is 8.64. The Balaban J connectivity index is 1.05. The number of benzene rings is 2. The second kappa shape index (κ2) is 19.7. The Morgan fingerprint density at radius 2 is 1.55 bits per heavy atom. The van der Waals surface area contributed by atoms with E-state index in [0.29, 0.717) is 71.2 Å². The molecule has 0 radical (unpaired) electrons. The Labute approximate surface area is 352 Å². The molecule has 5 amide bonds. The number of ether oxygens (including phenoxy) is 2. The third-order valence-electron chi connectivity index (χ3n) is 11.8. The maximum atomic E-state index is 14.2. The van der Waals surface area contributed by atoms with Crippen molar-refractivity contribution in [2.45, 2.75) is 69.3 Å². The number of urea groups is 1. The molecule has 0 unspecified atom stereocenters. The van der Waals surface area contributed by atoms with Gasteiger partial charge in [0.25, 0.3) is 5.91 Å². The van der Waals surface area contributed by atoms with Crippen molar-refractivity contribution in [1.82, 2.24) is 29.4 Å². The minimum absolute atomic E-state index is 0.0249. The molecule has 0 aliphatic carbocycles. The number of piperidine rings is 2. The summed E-state index contributed by atoms with van der Waals surface area (Å²) in [6.07, 6.45) is -3.95. The quantitative estimate of drug-likeness (QED) is 0.154. The van der Waals surface area contributed by atoms with Gasteiger partial charge in [-0.2, -0.15) is 13.2 Å². The molecule has 1 atom stereocenters. The van der Waals surface area contributed by atoms with E-state index in [-0.39, 0.29) is 67.9 Å². The summed E-state index contributed by atoms with van der Waals surface area (Å²) >= 11 is 6.14. The topological polar surface area (TPSA) is 161 Å². The van der Waals surface area contributed by atoms with Crippen LogP contribution in [-0.2, 0) is 42.9 Å². The number of piperazine rings is 1. The minimum Gasteiger partial charge on any atom is -0.458 e. The van der Waals surface area contributed by atoms with Crippen molar-refractivity contribution in [2.75, 3.05) is 97.2 Å². The first-order valence-electron chi connectivity index (χ1n) is 20.5. The van der Waals surface area contributed by atoms with E-state index in [0.717, 1.165) is 23.9 Å². The highest BCUT2D eigenvalue weighted by atomic mass is 35.5. The average Bonchev–Trinajstić information content (AvgIpc) is 3.40. The molecule has 3 saturated heterocycles. The van der Waals surface area contributed by atoms with Crippen molar-refractivity contribution in [3.8, 4) is 0 Å². The summed E-state index contributed by atoms with van der Waals surface area (Å²) in [5.74, 6) is -2.06. The Hall–Kier alpha value is -4.81. The van der Waals surface area contributed by atoms with Gasteiger partial charge in [0.05, 0.1) is 22.9 Å². The maximum Gasteiger partial charge on any atom is 0.418 e. The molecule has 2 aromatic rings. The lowest BCUT2D eigenvalue weighted by atomic mass is 10.0. The molecule has 19 heteroatoms. The van der Waals surface area contributed by atoms with E-state index in [4.69, 9.17) is 26.8 Å². The number of nitrogens with two attached hydrogens (primary N) is 1. The average molecular weight is 863 g/mol. The van der Waals surface area contributed by atoms with E-state index >= 15 is 0 Å². The van der Waals surface area contributed by atoms with Crippen LogP contribution in [0.25, 0.3) is 0 Å². The van der Waals surface area contributed by atoms with Crippen molar-refractivity contribution < 1.29 is 46.6 Å². The van der Waals surface area contributed by atoms with Crippen molar-refractivity contribution in [3.05, 3.63) is 58.1 Å². The van der Waals surface area contributed by atoms with Gasteiger partial charge in [-0.05, 0) is 81.9 Å². The lowest BCUT2D eigenvalue weighted by Gasteiger charge is -2.43. The van der Waals surface area contributed by atoms with Gasteiger partial charge in [-0.25, -0.2) is 14.4 Å². The van der Waals surface area contributed by atoms with Crippen molar-refractivity contribution in [1.29, 1.82) is 0 Å². The summed E-state index contributed by atoms with van der Waals surface area (Å²) < 4.78 is 52.8. The SMILES string of the molecule is CN(C)CCCOC(=O)C(=O)N1CCC(N2CCN(C(=O)[C@@H](Cc3cc(Cl)c(N)c(C(F)(F)F)c3)OC(=O)N3CCC(N4CCc5ccccc5NC4=O)CC3)CC2)CC1. The number of hydrogen-bond donors (Lipinski definition) is 2. The molecule has 0 bridgehead atoms. The third kappa shape index (κ3) is 11.1. The Morgan fingerprint density at radius 3 is 2.22 bits per heavy atom. The Morgan fingerprint density at radius 1 is 0.900 bits per heavy atom. The van der Waals surface area contributed by atoms with E-state index in [9.17, 15) is 37.1 Å². The van der Waals surface area contributed by atoms with Crippen molar-refractivity contribution in [2.24, 2.45) is 0 Å². The normalized spacial score (nSPS) is 19.1. The predicted molar refractivity (Wildman–Crippen MR) is 217 cm³/mol. The van der Waals surface area contributed by atoms with Crippen molar-refractivity contribution >= 4 is 52.9 Å². The fourth-order valence-electron chi connectivity index (χ4n) is 8.40. The Kier molecular flexibility index (Phi) is 14.7. The number of nitrogens with one attached hydrogen (secondary N) is 1. The summed E-state index contributed by atoms with van der Waals surface area (Å²) in [7, 11) is 3.82. The van der Waals surface area contributed by atoms with E-state index in [1.54, 1.807) is 9.80 Å². The predicted octanol–water partition coefficient (Wildman–Crippen LogP) is 4.17. The molecule has 3 fully saturated rings. The van der Waals surface area contributed by atoms with Crippen LogP contribution in [-0.4, -0.2) is 164 Å². The largest absolute Gasteiger partial charge is 0.458 e. The van der Waals surface area contributed by atoms with Gasteiger partial charge in [0.2, 0.25) is 0 Å². The number of rotatable bonds is 10. The molecule has 0 spiro atoms. The molecule has 6 rings (SSSR count). The number of esters is 1. The van der Waals surface area contributed by atoms with Gasteiger partial charge in [-0.3, -0.25) is 14.5 Å². The molecule has 0 saturated carbocycles. The standard InChI is InChI=1S/C41H54ClF3N8O7/c1-48(2)13-5-23-59-38(56)37(55)50-14-9-29(10-15-50)49-19-21-51(22-20-49)36(54)34(26-27-24-31(41(43,44)45)35(46)32(42)25-27)60-40(58)52-16-11-30(12-17-52)53-18-8-28-6-3-4-7-33(28)47-39(53)57/h3-4,6-7,24-25,29-30,34H,5,8-23,26,46H2,1-2H3,(H,47,57)/t34-/m1/s1. The second-order valence-corrected chi connectivity index (χ2v) is 16.4. The second-order valence-electron chi connectivity index (χ2n) is 16.0. The summed E-state index contributed by atoms with van der Waals surface area (Å²) in [6, 6.07) is 9.45. The zero-order valence-electron chi connectivity index (χ0n) is 34.1. The maximum absolute atomic E-state index is 14.2. The molecule has 2 aromatic carbocycles. The third-order valence-corrected chi connectivity index (χ3v) is 12.1. The number of anilines is 2. The number of halogens is 4. The van der Waals surface area contributed by atoms with E-state index in [1.807, 2.05) is 43.3 Å². The number of amides is 5. The van der Waals surface area contributed by atoms with E-state index < -0.39 is 47.4 Å². The van der Waals surface area contributed by atoms with Gasteiger partial charge in [0.1, 0.15) is 0 Å². The summed E-state index contributed by atoms with van der Waals surface area (Å²) in [4.78, 5) is 76.5. The Bertz CT molecular complexity index is 1880. The molecular formula is C41H54ClF3N8O7. The van der Waals surface area contributed by atoms with Crippen LogP contribution < -0.4 is 11.1 Å². The number of carbonyl (C=O) groups excluding carboxylic acids is 5. The van der Waals surface area contributed by atoms with Gasteiger partial charge < -0.3 is 45.0 Å². The first-order chi connectivity index (χ1) is 28.6. The summed E-state index contributed by atoms with van der Waals surface area (Å²) in [5, 5.41) is 2.64. The number of fused-ring (bicyclic) bond motifs is 1. The number of nitrogen functional groups attached to an aromatic ring is 1. The zero-order valence-corrected chi connectivity index (χ0v) is 34.8. The van der Waals surface area contributed by atoms with Crippen LogP contribution in [0.3, 0.4) is 0 Å². The smallest absolute Gasteiger partial charge is 0.418 e. The molecule has 60 heavy (non-hydrogen) atoms. The number of alkyl halides is 3. The highest BCUT2D eigenvalue weighted by Gasteiger charge is 2.39. The molecule has 0 aromatic heterocycles. The van der Waals surface area contributed by atoms with Crippen molar-refractivity contribution in [3.63, 3.8) is 0 Å². The van der Waals surface area contributed by atoms with Gasteiger partial charge >= 0.3 is 30.2 Å². The lowest BCUT2D eigenvalue weighted by molar-refractivity contribution is -0.161. The molecular weight excluding hydrogens is 809 g/mol. The van der Waals surface area contributed by atoms with Crippen LogP contribution in [0.4, 0.5) is 34.1 Å². The number of nitrogens with zero attached hydrogens (tertiary/aromatic N) is 6. The molecule has 3 N–H and O–H groups in total. The summed E-state index contributed by atoms with van der Waals surface area (Å²) in [5.41, 5.74) is 5.72. The highest BCUT2D eigenvalue weighted by molar-refractivity contribution is 6.33. The van der Waals surface area contributed by atoms with Gasteiger partial charge in [0.15, 0.2) is 6.10 Å². The van der Waals surface area contributed by atoms with Crippen LogP contribution in [0.2, 0.25) is 5.02 Å². The van der Waals surface area contributed by atoms with Gasteiger partial charge in [-0.1, -0.05) is 29.8 Å². The van der Waals surface area contributed by atoms with Crippen LogP contribution in [0.5, 0.6) is 0 Å². The molecule has 4 heterocycles. The first-order valence-corrected chi connectivity index (χ1v) is 20.9. The number of hydrogen-bond acceptors (Lipinski definition) is 10. The lowest BCUT2D eigenvalue weighted by Crippen LogP contribution is -2.57. The molecule has 4 aliphatic heterocycles. The number of likely N-dealkylation sites (tertiary alicyclic amines) is 2. The summed E-state index contributed by atoms with van der Waals surface area (Å²) in [6.45, 7) is 4.17. The number of carbonyl (C=O) groups is 5. The first kappa shape index (κ1) is 44.7. The van der Waals surface area contributed by atoms with E-state index in [2.05, 4.69) is 10.2 Å². The van der Waals surface area contributed by atoms with Crippen LogP contribution in [0.15, 0.2) is 36.4 Å². The van der Waals surface area contributed by atoms with Crippen LogP contribution >= 0.6 is 11.6 Å². The minimum atomic E-state index is -4.81. The highest BCUT2D eigenvalue weighted by Crippen LogP contribution is 2.38. The monoisotopic (exact) mass is 862 g/mol. The van der Waals surface area contributed by atoms with Gasteiger partial charge in [0, 0.05) is 89.6 Å². The molecule has 15 nitrogen and oxygen atoms in total.